The number of rotatable bonds is 5. The lowest BCUT2D eigenvalue weighted by Gasteiger charge is -2.22. The monoisotopic (exact) mass is 305 g/mol. The van der Waals surface area contributed by atoms with E-state index in [1.807, 2.05) is 6.07 Å². The average molecular weight is 306 g/mol. The third-order valence-electron chi connectivity index (χ3n) is 3.75. The minimum Gasteiger partial charge on any atom is -0.306 e. The Morgan fingerprint density at radius 2 is 1.90 bits per heavy atom. The molecule has 0 aromatic heterocycles. The van der Waals surface area contributed by atoms with Crippen LogP contribution >= 0.6 is 11.6 Å². The van der Waals surface area contributed by atoms with Gasteiger partial charge in [-0.25, -0.2) is 4.39 Å². The molecule has 0 aliphatic carbocycles. The first kappa shape index (κ1) is 16.0. The second-order valence-corrected chi connectivity index (χ2v) is 5.77. The predicted octanol–water partition coefficient (Wildman–Crippen LogP) is 5.18. The smallest absolute Gasteiger partial charge is 0.129 e. The topological polar surface area (TPSA) is 12.0 Å². The molecule has 3 heteroatoms. The zero-order valence-electron chi connectivity index (χ0n) is 12.7. The molecule has 0 aliphatic heterocycles. The van der Waals surface area contributed by atoms with Gasteiger partial charge >= 0.3 is 0 Å². The van der Waals surface area contributed by atoms with Crippen molar-refractivity contribution in [1.29, 1.82) is 0 Å². The fourth-order valence-corrected chi connectivity index (χ4v) is 2.68. The Morgan fingerprint density at radius 3 is 2.52 bits per heavy atom. The van der Waals surface area contributed by atoms with Gasteiger partial charge in [-0.15, -0.1) is 0 Å². The zero-order chi connectivity index (χ0) is 15.4. The Bertz CT molecular complexity index is 604. The molecule has 1 N–H and O–H groups in total. The summed E-state index contributed by atoms with van der Waals surface area (Å²) in [6.07, 6.45) is 0.980. The highest BCUT2D eigenvalue weighted by atomic mass is 35.5. The third kappa shape index (κ3) is 3.63. The highest BCUT2D eigenvalue weighted by Crippen LogP contribution is 2.31. The maximum atomic E-state index is 14.3. The van der Waals surface area contributed by atoms with Crippen LogP contribution in [0.5, 0.6) is 0 Å². The molecular formula is C18H21ClFN. The van der Waals surface area contributed by atoms with E-state index in [9.17, 15) is 4.39 Å². The number of halogens is 2. The largest absolute Gasteiger partial charge is 0.306 e. The van der Waals surface area contributed by atoms with Crippen molar-refractivity contribution in [2.45, 2.75) is 33.2 Å². The number of hydrogen-bond acceptors (Lipinski definition) is 1. The Morgan fingerprint density at radius 1 is 1.14 bits per heavy atom. The molecule has 2 aromatic rings. The van der Waals surface area contributed by atoms with Gasteiger partial charge in [-0.2, -0.15) is 0 Å². The van der Waals surface area contributed by atoms with Gasteiger partial charge < -0.3 is 5.32 Å². The van der Waals surface area contributed by atoms with Gasteiger partial charge in [-0.1, -0.05) is 42.8 Å². The minimum absolute atomic E-state index is 0.224. The van der Waals surface area contributed by atoms with Crippen LogP contribution in [0.2, 0.25) is 5.02 Å². The molecule has 112 valence electrons. The molecule has 0 heterocycles. The summed E-state index contributed by atoms with van der Waals surface area (Å²) in [6, 6.07) is 10.8. The molecule has 1 unspecified atom stereocenters. The van der Waals surface area contributed by atoms with E-state index in [0.717, 1.165) is 18.5 Å². The summed E-state index contributed by atoms with van der Waals surface area (Å²) in [5, 5.41) is 3.87. The molecule has 2 aromatic carbocycles. The van der Waals surface area contributed by atoms with Gasteiger partial charge in [0.2, 0.25) is 0 Å². The molecule has 0 saturated carbocycles. The average Bonchev–Trinajstić information content (AvgIpc) is 2.45. The van der Waals surface area contributed by atoms with Crippen molar-refractivity contribution in [2.24, 2.45) is 0 Å². The van der Waals surface area contributed by atoms with Crippen molar-refractivity contribution in [3.8, 4) is 0 Å². The number of hydrogen-bond donors (Lipinski definition) is 1. The fraction of sp³-hybridized carbons (Fsp3) is 0.333. The minimum atomic E-state index is -0.269. The Balaban J connectivity index is 2.49. The van der Waals surface area contributed by atoms with Gasteiger partial charge in [-0.05, 0) is 55.6 Å². The molecule has 0 saturated heterocycles. The highest BCUT2D eigenvalue weighted by Gasteiger charge is 2.20. The lowest BCUT2D eigenvalue weighted by atomic mass is 9.95. The van der Waals surface area contributed by atoms with E-state index in [4.69, 9.17) is 11.6 Å². The lowest BCUT2D eigenvalue weighted by Crippen LogP contribution is -2.24. The zero-order valence-corrected chi connectivity index (χ0v) is 13.5. The normalized spacial score (nSPS) is 12.4. The van der Waals surface area contributed by atoms with Crippen molar-refractivity contribution in [2.75, 3.05) is 6.54 Å². The Hall–Kier alpha value is -1.38. The Kier molecular flexibility index (Phi) is 5.38. The van der Waals surface area contributed by atoms with Gasteiger partial charge in [-0.3, -0.25) is 0 Å². The quantitative estimate of drug-likeness (QED) is 0.802. The van der Waals surface area contributed by atoms with E-state index >= 15 is 0 Å². The molecule has 21 heavy (non-hydrogen) atoms. The first-order chi connectivity index (χ1) is 10.0. The van der Waals surface area contributed by atoms with E-state index < -0.39 is 0 Å². The van der Waals surface area contributed by atoms with E-state index in [2.05, 4.69) is 38.2 Å². The molecule has 1 atom stereocenters. The lowest BCUT2D eigenvalue weighted by molar-refractivity contribution is 0.547. The third-order valence-corrected chi connectivity index (χ3v) is 4.08. The molecule has 0 spiro atoms. The summed E-state index contributed by atoms with van der Waals surface area (Å²) in [5.74, 6) is -0.269. The van der Waals surface area contributed by atoms with Crippen LogP contribution < -0.4 is 5.32 Å². The van der Waals surface area contributed by atoms with Gasteiger partial charge in [0.05, 0.1) is 6.04 Å². The highest BCUT2D eigenvalue weighted by molar-refractivity contribution is 6.31. The van der Waals surface area contributed by atoms with Crippen LogP contribution in [0.3, 0.4) is 0 Å². The first-order valence-electron chi connectivity index (χ1n) is 7.29. The van der Waals surface area contributed by atoms with E-state index in [1.165, 1.54) is 17.2 Å². The van der Waals surface area contributed by atoms with E-state index in [1.54, 1.807) is 12.1 Å². The number of benzene rings is 2. The summed E-state index contributed by atoms with van der Waals surface area (Å²) < 4.78 is 14.3. The molecule has 0 radical (unpaired) electrons. The van der Waals surface area contributed by atoms with E-state index in [-0.39, 0.29) is 11.9 Å². The van der Waals surface area contributed by atoms with Crippen LogP contribution in [0.1, 0.15) is 41.6 Å². The van der Waals surface area contributed by atoms with Crippen molar-refractivity contribution >= 4 is 11.6 Å². The second kappa shape index (κ2) is 7.06. The maximum absolute atomic E-state index is 14.3. The van der Waals surface area contributed by atoms with E-state index in [0.29, 0.717) is 10.6 Å². The van der Waals surface area contributed by atoms with Crippen LogP contribution in [0.4, 0.5) is 4.39 Å². The molecule has 2 rings (SSSR count). The standard InChI is InChI=1S/C18H21ClFN/c1-4-10-21-18(14-9-8-12(2)13(3)11-14)17-15(19)6-5-7-16(17)20/h5-9,11,18,21H,4,10H2,1-3H3. The predicted molar refractivity (Wildman–Crippen MR) is 87.5 cm³/mol. The fourth-order valence-electron chi connectivity index (χ4n) is 2.41. The molecule has 0 aliphatic rings. The van der Waals surface area contributed by atoms with Crippen LogP contribution in [0, 0.1) is 19.7 Å². The molecule has 1 nitrogen and oxygen atoms in total. The number of nitrogens with one attached hydrogen (secondary N) is 1. The number of aryl methyl sites for hydroxylation is 2. The van der Waals surface area contributed by atoms with Crippen LogP contribution in [-0.2, 0) is 0 Å². The summed E-state index contributed by atoms with van der Waals surface area (Å²) in [4.78, 5) is 0. The van der Waals surface area contributed by atoms with Crippen molar-refractivity contribution in [3.63, 3.8) is 0 Å². The molecular weight excluding hydrogens is 285 g/mol. The summed E-state index contributed by atoms with van der Waals surface area (Å²) in [5.41, 5.74) is 3.99. The maximum Gasteiger partial charge on any atom is 0.129 e. The van der Waals surface area contributed by atoms with Gasteiger partial charge in [0, 0.05) is 10.6 Å². The van der Waals surface area contributed by atoms with Crippen molar-refractivity contribution in [1.82, 2.24) is 5.32 Å². The first-order valence-corrected chi connectivity index (χ1v) is 7.66. The van der Waals surface area contributed by atoms with Crippen molar-refractivity contribution in [3.05, 3.63) is 69.5 Å². The summed E-state index contributed by atoms with van der Waals surface area (Å²) in [6.45, 7) is 7.04. The van der Waals surface area contributed by atoms with Gasteiger partial charge in [0.25, 0.3) is 0 Å². The van der Waals surface area contributed by atoms with Crippen LogP contribution in [-0.4, -0.2) is 6.54 Å². The van der Waals surface area contributed by atoms with Crippen LogP contribution in [0.25, 0.3) is 0 Å². The van der Waals surface area contributed by atoms with Gasteiger partial charge in [0.1, 0.15) is 5.82 Å². The van der Waals surface area contributed by atoms with Gasteiger partial charge in [0.15, 0.2) is 0 Å². The van der Waals surface area contributed by atoms with Crippen molar-refractivity contribution < 1.29 is 4.39 Å². The molecule has 0 bridgehead atoms. The summed E-state index contributed by atoms with van der Waals surface area (Å²) >= 11 is 6.24. The molecule has 0 amide bonds. The van der Waals surface area contributed by atoms with Crippen LogP contribution in [0.15, 0.2) is 36.4 Å². The SMILES string of the molecule is CCCNC(c1ccc(C)c(C)c1)c1c(F)cccc1Cl. The Labute approximate surface area is 131 Å². The molecule has 0 fully saturated rings. The summed E-state index contributed by atoms with van der Waals surface area (Å²) in [7, 11) is 0. The second-order valence-electron chi connectivity index (χ2n) is 5.37.